The molecule has 0 aliphatic carbocycles. The van der Waals surface area contributed by atoms with Crippen molar-refractivity contribution in [2.45, 2.75) is 9.79 Å². The van der Waals surface area contributed by atoms with Gasteiger partial charge in [0.15, 0.2) is 0 Å². The second kappa shape index (κ2) is 5.78. The lowest BCUT2D eigenvalue weighted by Gasteiger charge is -1.99. The molecule has 0 radical (unpaired) electrons. The van der Waals surface area contributed by atoms with Gasteiger partial charge in [-0.15, -0.1) is 0 Å². The smallest absolute Gasteiger partial charge is 0.0122 e. The molecule has 0 N–H and O–H groups in total. The predicted octanol–water partition coefficient (Wildman–Crippen LogP) is 3.95. The van der Waals surface area contributed by atoms with Crippen LogP contribution in [-0.4, -0.2) is 0 Å². The monoisotopic (exact) mass is 220 g/mol. The molecule has 0 nitrogen and oxygen atoms in total. The minimum absolute atomic E-state index is 0. The van der Waals surface area contributed by atoms with E-state index < -0.39 is 0 Å². The van der Waals surface area contributed by atoms with Crippen molar-refractivity contribution >= 4 is 25.3 Å². The molecule has 0 heterocycles. The van der Waals surface area contributed by atoms with Crippen LogP contribution in [0, 0.1) is 0 Å². The number of benzene rings is 2. The largest absolute Gasteiger partial charge is 0.197 e. The molecule has 0 atom stereocenters. The first kappa shape index (κ1) is 11.2. The third kappa shape index (κ3) is 3.13. The molecule has 0 saturated heterocycles. The molecule has 14 heavy (non-hydrogen) atoms. The molecule has 72 valence electrons. The molecular weight excluding hydrogens is 208 g/mol. The molecule has 0 bridgehead atoms. The lowest BCUT2D eigenvalue weighted by Crippen LogP contribution is -1.70. The van der Waals surface area contributed by atoms with Gasteiger partial charge in [0.2, 0.25) is 0 Å². The van der Waals surface area contributed by atoms with Crippen LogP contribution in [0.4, 0.5) is 0 Å². The van der Waals surface area contributed by atoms with Crippen molar-refractivity contribution in [2.24, 2.45) is 0 Å². The van der Waals surface area contributed by atoms with Crippen molar-refractivity contribution < 1.29 is 0 Å². The van der Waals surface area contributed by atoms with E-state index in [4.69, 9.17) is 0 Å². The van der Waals surface area contributed by atoms with Crippen LogP contribution in [0.25, 0.3) is 0 Å². The Morgan fingerprint density at radius 3 is 1.29 bits per heavy atom. The highest BCUT2D eigenvalue weighted by atomic mass is 32.2. The molecule has 2 aromatic carbocycles. The summed E-state index contributed by atoms with van der Waals surface area (Å²) < 4.78 is 0. The van der Waals surface area contributed by atoms with Crippen molar-refractivity contribution in [3.63, 3.8) is 0 Å². The maximum atomic E-state index is 2.12. The fourth-order valence-electron chi connectivity index (χ4n) is 1.11. The van der Waals surface area contributed by atoms with Gasteiger partial charge in [0.05, 0.1) is 0 Å². The Kier molecular flexibility index (Phi) is 4.63. The highest BCUT2D eigenvalue weighted by molar-refractivity contribution is 7.99. The van der Waals surface area contributed by atoms with E-state index in [0.29, 0.717) is 0 Å². The van der Waals surface area contributed by atoms with Crippen molar-refractivity contribution in [3.8, 4) is 0 Å². The Hall–Kier alpha value is -0.860. The maximum absolute atomic E-state index is 2.12. The molecule has 0 saturated carbocycles. The highest BCUT2D eigenvalue weighted by Crippen LogP contribution is 2.26. The standard InChI is InChI=1S/C12H10S.H2S/c1-3-7-11(8-4-1)13-12-9-5-2-6-10-12;/h1-10H;1H2. The second-order valence-corrected chi connectivity index (χ2v) is 3.88. The van der Waals surface area contributed by atoms with Gasteiger partial charge >= 0.3 is 0 Å². The van der Waals surface area contributed by atoms with Gasteiger partial charge in [0.25, 0.3) is 0 Å². The topological polar surface area (TPSA) is 0 Å². The van der Waals surface area contributed by atoms with Crippen molar-refractivity contribution in [1.82, 2.24) is 0 Å². The summed E-state index contributed by atoms with van der Waals surface area (Å²) in [7, 11) is 0. The van der Waals surface area contributed by atoms with Gasteiger partial charge in [-0.1, -0.05) is 48.2 Å². The van der Waals surface area contributed by atoms with Crippen molar-refractivity contribution in [3.05, 3.63) is 60.7 Å². The summed E-state index contributed by atoms with van der Waals surface area (Å²) in [6.07, 6.45) is 0. The van der Waals surface area contributed by atoms with Gasteiger partial charge in [-0.3, -0.25) is 0 Å². The summed E-state index contributed by atoms with van der Waals surface area (Å²) in [5.74, 6) is 0. The Labute approximate surface area is 95.8 Å². The maximum Gasteiger partial charge on any atom is 0.0122 e. The van der Waals surface area contributed by atoms with Gasteiger partial charge in [-0.05, 0) is 24.3 Å². The van der Waals surface area contributed by atoms with E-state index in [-0.39, 0.29) is 13.5 Å². The molecule has 0 spiro atoms. The summed E-state index contributed by atoms with van der Waals surface area (Å²) in [4.78, 5) is 2.57. The van der Waals surface area contributed by atoms with Crippen LogP contribution in [0.5, 0.6) is 0 Å². The van der Waals surface area contributed by atoms with E-state index in [9.17, 15) is 0 Å². The second-order valence-electron chi connectivity index (χ2n) is 2.73. The third-order valence-electron chi connectivity index (χ3n) is 1.72. The zero-order chi connectivity index (χ0) is 8.93. The summed E-state index contributed by atoms with van der Waals surface area (Å²) in [5, 5.41) is 0. The lowest BCUT2D eigenvalue weighted by atomic mass is 10.4. The summed E-state index contributed by atoms with van der Waals surface area (Å²) in [5.41, 5.74) is 0. The van der Waals surface area contributed by atoms with E-state index in [1.54, 1.807) is 11.8 Å². The molecule has 0 amide bonds. The van der Waals surface area contributed by atoms with E-state index in [1.807, 2.05) is 12.1 Å². The van der Waals surface area contributed by atoms with E-state index in [1.165, 1.54) is 9.79 Å². The molecular formula is C12H12S2. The van der Waals surface area contributed by atoms with Crippen molar-refractivity contribution in [2.75, 3.05) is 0 Å². The molecule has 2 aromatic rings. The summed E-state index contributed by atoms with van der Waals surface area (Å²) in [6.45, 7) is 0. The third-order valence-corrected chi connectivity index (χ3v) is 2.74. The van der Waals surface area contributed by atoms with Crippen LogP contribution in [0.2, 0.25) is 0 Å². The SMILES string of the molecule is S.c1ccc(Sc2ccccc2)cc1. The average molecular weight is 220 g/mol. The Balaban J connectivity index is 0.000000980. The quantitative estimate of drug-likeness (QED) is 0.738. The summed E-state index contributed by atoms with van der Waals surface area (Å²) >= 11 is 1.79. The Morgan fingerprint density at radius 2 is 0.929 bits per heavy atom. The molecule has 0 unspecified atom stereocenters. The average Bonchev–Trinajstić information content (AvgIpc) is 2.21. The highest BCUT2D eigenvalue weighted by Gasteiger charge is 1.93. The van der Waals surface area contributed by atoms with E-state index in [2.05, 4.69) is 48.5 Å². The minimum atomic E-state index is 0. The number of hydrogen-bond donors (Lipinski definition) is 0. The molecule has 0 aliphatic rings. The van der Waals surface area contributed by atoms with Gasteiger partial charge < -0.3 is 0 Å². The normalized spacial score (nSPS) is 9.14. The van der Waals surface area contributed by atoms with Gasteiger partial charge in [0.1, 0.15) is 0 Å². The molecule has 0 fully saturated rings. The lowest BCUT2D eigenvalue weighted by molar-refractivity contribution is 1.41. The van der Waals surface area contributed by atoms with Gasteiger partial charge in [-0.2, -0.15) is 13.5 Å². The number of hydrogen-bond acceptors (Lipinski definition) is 1. The minimum Gasteiger partial charge on any atom is -0.197 e. The van der Waals surface area contributed by atoms with Gasteiger partial charge in [0, 0.05) is 9.79 Å². The molecule has 0 aliphatic heterocycles. The van der Waals surface area contributed by atoms with Crippen molar-refractivity contribution in [1.29, 1.82) is 0 Å². The predicted molar refractivity (Wildman–Crippen MR) is 67.4 cm³/mol. The summed E-state index contributed by atoms with van der Waals surface area (Å²) in [6, 6.07) is 20.8. The van der Waals surface area contributed by atoms with Crippen LogP contribution in [0.1, 0.15) is 0 Å². The Bertz CT molecular complexity index is 319. The van der Waals surface area contributed by atoms with Crippen LogP contribution in [0.3, 0.4) is 0 Å². The Morgan fingerprint density at radius 1 is 0.571 bits per heavy atom. The zero-order valence-corrected chi connectivity index (χ0v) is 9.50. The molecule has 2 rings (SSSR count). The van der Waals surface area contributed by atoms with Crippen LogP contribution < -0.4 is 0 Å². The van der Waals surface area contributed by atoms with Crippen LogP contribution >= 0.6 is 25.3 Å². The van der Waals surface area contributed by atoms with Gasteiger partial charge in [-0.25, -0.2) is 0 Å². The molecule has 0 aromatic heterocycles. The van der Waals surface area contributed by atoms with E-state index in [0.717, 1.165) is 0 Å². The van der Waals surface area contributed by atoms with E-state index >= 15 is 0 Å². The zero-order valence-electron chi connectivity index (χ0n) is 7.68. The first-order valence-corrected chi connectivity index (χ1v) is 5.05. The van der Waals surface area contributed by atoms with Crippen LogP contribution in [0.15, 0.2) is 70.5 Å². The first-order valence-electron chi connectivity index (χ1n) is 4.23. The van der Waals surface area contributed by atoms with Crippen LogP contribution in [-0.2, 0) is 0 Å². The fourth-order valence-corrected chi connectivity index (χ4v) is 1.97. The first-order chi connectivity index (χ1) is 6.45. The number of rotatable bonds is 2. The molecule has 2 heteroatoms. The fraction of sp³-hybridized carbons (Fsp3) is 0.